The second-order valence-corrected chi connectivity index (χ2v) is 6.22. The van der Waals surface area contributed by atoms with E-state index in [2.05, 4.69) is 21.7 Å². The zero-order chi connectivity index (χ0) is 13.7. The molecular formula is C14H21N3OS. The highest BCUT2D eigenvalue weighted by molar-refractivity contribution is 7.15. The molecule has 0 atom stereocenters. The Labute approximate surface area is 118 Å². The molecule has 1 fully saturated rings. The van der Waals surface area contributed by atoms with Crippen LogP contribution < -0.4 is 10.6 Å². The smallest absolute Gasteiger partial charge is 0.315 e. The van der Waals surface area contributed by atoms with Gasteiger partial charge in [-0.3, -0.25) is 5.32 Å². The standard InChI is InChI=1S/C14H21N3OS/c1-10-11(2)19-14(16-10)17-13(18)15-9-8-12-6-4-3-5-7-12/h8-9,12H,3-7H2,1-2H3,(H2,15,16,17,18)/b9-8+. The van der Waals surface area contributed by atoms with Crippen LogP contribution in [-0.4, -0.2) is 11.0 Å². The predicted octanol–water partition coefficient (Wildman–Crippen LogP) is 3.98. The van der Waals surface area contributed by atoms with Gasteiger partial charge in [0.15, 0.2) is 5.13 Å². The molecule has 5 heteroatoms. The number of urea groups is 1. The Hall–Kier alpha value is -1.36. The van der Waals surface area contributed by atoms with Crippen LogP contribution in [-0.2, 0) is 0 Å². The molecule has 0 unspecified atom stereocenters. The number of hydrogen-bond acceptors (Lipinski definition) is 3. The van der Waals surface area contributed by atoms with E-state index < -0.39 is 0 Å². The van der Waals surface area contributed by atoms with Crippen LogP contribution in [0.3, 0.4) is 0 Å². The Kier molecular flexibility index (Phi) is 4.96. The van der Waals surface area contributed by atoms with Crippen LogP contribution in [0.15, 0.2) is 12.3 Å². The maximum absolute atomic E-state index is 11.7. The van der Waals surface area contributed by atoms with Crippen LogP contribution in [0.5, 0.6) is 0 Å². The van der Waals surface area contributed by atoms with Crippen molar-refractivity contribution in [1.29, 1.82) is 0 Å². The fourth-order valence-electron chi connectivity index (χ4n) is 2.25. The van der Waals surface area contributed by atoms with E-state index in [4.69, 9.17) is 0 Å². The third kappa shape index (κ3) is 4.35. The molecule has 104 valence electrons. The van der Waals surface area contributed by atoms with Gasteiger partial charge in [-0.05, 0) is 32.6 Å². The molecule has 1 saturated carbocycles. The van der Waals surface area contributed by atoms with Gasteiger partial charge in [-0.15, -0.1) is 11.3 Å². The number of thiazole rings is 1. The summed E-state index contributed by atoms with van der Waals surface area (Å²) >= 11 is 1.50. The first-order valence-electron chi connectivity index (χ1n) is 6.83. The Morgan fingerprint density at radius 1 is 1.32 bits per heavy atom. The summed E-state index contributed by atoms with van der Waals surface area (Å²) in [6.45, 7) is 3.94. The summed E-state index contributed by atoms with van der Waals surface area (Å²) in [5.41, 5.74) is 0.970. The predicted molar refractivity (Wildman–Crippen MR) is 79.5 cm³/mol. The third-order valence-electron chi connectivity index (χ3n) is 3.48. The van der Waals surface area contributed by atoms with Crippen LogP contribution >= 0.6 is 11.3 Å². The summed E-state index contributed by atoms with van der Waals surface area (Å²) < 4.78 is 0. The van der Waals surface area contributed by atoms with E-state index in [1.165, 1.54) is 43.4 Å². The maximum atomic E-state index is 11.7. The molecule has 1 heterocycles. The van der Waals surface area contributed by atoms with E-state index in [-0.39, 0.29) is 6.03 Å². The lowest BCUT2D eigenvalue weighted by molar-refractivity contribution is 0.255. The number of carbonyl (C=O) groups excluding carboxylic acids is 1. The van der Waals surface area contributed by atoms with Gasteiger partial charge in [0, 0.05) is 11.1 Å². The van der Waals surface area contributed by atoms with E-state index in [1.54, 1.807) is 6.20 Å². The van der Waals surface area contributed by atoms with Crippen molar-refractivity contribution in [1.82, 2.24) is 10.3 Å². The zero-order valence-corrected chi connectivity index (χ0v) is 12.3. The minimum Gasteiger partial charge on any atom is -0.315 e. The second kappa shape index (κ2) is 6.70. The molecule has 0 aromatic carbocycles. The lowest BCUT2D eigenvalue weighted by Gasteiger charge is -2.17. The summed E-state index contributed by atoms with van der Waals surface area (Å²) in [6, 6.07) is -0.221. The van der Waals surface area contributed by atoms with Crippen LogP contribution in [0, 0.1) is 19.8 Å². The Morgan fingerprint density at radius 3 is 2.68 bits per heavy atom. The molecule has 1 aliphatic carbocycles. The molecule has 0 bridgehead atoms. The van der Waals surface area contributed by atoms with E-state index in [0.29, 0.717) is 11.0 Å². The molecule has 2 rings (SSSR count). The van der Waals surface area contributed by atoms with Gasteiger partial charge in [0.1, 0.15) is 0 Å². The number of aryl methyl sites for hydroxylation is 2. The number of anilines is 1. The number of aromatic nitrogens is 1. The van der Waals surface area contributed by atoms with E-state index in [9.17, 15) is 4.79 Å². The highest BCUT2D eigenvalue weighted by Crippen LogP contribution is 2.24. The molecular weight excluding hydrogens is 258 g/mol. The fraction of sp³-hybridized carbons (Fsp3) is 0.571. The van der Waals surface area contributed by atoms with Gasteiger partial charge in [-0.2, -0.15) is 0 Å². The Bertz CT molecular complexity index is 442. The normalized spacial score (nSPS) is 16.7. The zero-order valence-electron chi connectivity index (χ0n) is 11.5. The first kappa shape index (κ1) is 14.1. The second-order valence-electron chi connectivity index (χ2n) is 5.02. The average molecular weight is 279 g/mol. The largest absolute Gasteiger partial charge is 0.324 e. The minimum absolute atomic E-state index is 0.221. The van der Waals surface area contributed by atoms with Gasteiger partial charge in [-0.1, -0.05) is 25.3 Å². The van der Waals surface area contributed by atoms with Crippen molar-refractivity contribution in [3.63, 3.8) is 0 Å². The number of nitrogens with zero attached hydrogens (tertiary/aromatic N) is 1. The number of carbonyl (C=O) groups is 1. The number of hydrogen-bond donors (Lipinski definition) is 2. The monoisotopic (exact) mass is 279 g/mol. The van der Waals surface area contributed by atoms with Gasteiger partial charge >= 0.3 is 6.03 Å². The molecule has 2 amide bonds. The third-order valence-corrected chi connectivity index (χ3v) is 4.47. The summed E-state index contributed by atoms with van der Waals surface area (Å²) in [5, 5.41) is 6.14. The van der Waals surface area contributed by atoms with Crippen molar-refractivity contribution < 1.29 is 4.79 Å². The van der Waals surface area contributed by atoms with Crippen LogP contribution in [0.25, 0.3) is 0 Å². The lowest BCUT2D eigenvalue weighted by atomic mass is 9.89. The van der Waals surface area contributed by atoms with E-state index in [1.807, 2.05) is 13.8 Å². The SMILES string of the molecule is Cc1nc(NC(=O)N/C=C/C2CCCCC2)sc1C. The van der Waals surface area contributed by atoms with Gasteiger partial charge < -0.3 is 5.32 Å². The molecule has 2 N–H and O–H groups in total. The van der Waals surface area contributed by atoms with Crippen LogP contribution in [0.4, 0.5) is 9.93 Å². The lowest BCUT2D eigenvalue weighted by Crippen LogP contribution is -2.24. The summed E-state index contributed by atoms with van der Waals surface area (Å²) in [6.07, 6.45) is 10.3. The molecule has 1 aromatic rings. The number of rotatable bonds is 3. The highest BCUT2D eigenvalue weighted by Gasteiger charge is 2.10. The van der Waals surface area contributed by atoms with Gasteiger partial charge in [0.05, 0.1) is 5.69 Å². The first-order valence-corrected chi connectivity index (χ1v) is 7.65. The fourth-order valence-corrected chi connectivity index (χ4v) is 3.06. The number of nitrogens with one attached hydrogen (secondary N) is 2. The summed E-state index contributed by atoms with van der Waals surface area (Å²) in [5.74, 6) is 0.624. The van der Waals surface area contributed by atoms with Crippen LogP contribution in [0.1, 0.15) is 42.7 Å². The molecule has 0 radical (unpaired) electrons. The van der Waals surface area contributed by atoms with Crippen molar-refractivity contribution >= 4 is 22.5 Å². The molecule has 0 saturated heterocycles. The Morgan fingerprint density at radius 2 is 2.05 bits per heavy atom. The van der Waals surface area contributed by atoms with Crippen molar-refractivity contribution in [2.24, 2.45) is 5.92 Å². The molecule has 19 heavy (non-hydrogen) atoms. The summed E-state index contributed by atoms with van der Waals surface area (Å²) in [7, 11) is 0. The molecule has 0 aliphatic heterocycles. The molecule has 0 spiro atoms. The van der Waals surface area contributed by atoms with Crippen molar-refractivity contribution in [2.45, 2.75) is 46.0 Å². The molecule has 4 nitrogen and oxygen atoms in total. The number of amides is 2. The quantitative estimate of drug-likeness (QED) is 0.879. The molecule has 1 aromatic heterocycles. The minimum atomic E-state index is -0.221. The van der Waals surface area contributed by atoms with Gasteiger partial charge in [-0.25, -0.2) is 9.78 Å². The van der Waals surface area contributed by atoms with Crippen LogP contribution in [0.2, 0.25) is 0 Å². The number of allylic oxidation sites excluding steroid dienone is 1. The Balaban J connectivity index is 1.76. The molecule has 1 aliphatic rings. The summed E-state index contributed by atoms with van der Waals surface area (Å²) in [4.78, 5) is 17.1. The topological polar surface area (TPSA) is 54.0 Å². The van der Waals surface area contributed by atoms with Crippen molar-refractivity contribution in [2.75, 3.05) is 5.32 Å². The van der Waals surface area contributed by atoms with Crippen molar-refractivity contribution in [3.05, 3.63) is 22.8 Å². The average Bonchev–Trinajstić information content (AvgIpc) is 2.69. The maximum Gasteiger partial charge on any atom is 0.324 e. The highest BCUT2D eigenvalue weighted by atomic mass is 32.1. The van der Waals surface area contributed by atoms with E-state index in [0.717, 1.165) is 10.6 Å². The first-order chi connectivity index (χ1) is 9.15. The van der Waals surface area contributed by atoms with E-state index >= 15 is 0 Å². The van der Waals surface area contributed by atoms with Crippen molar-refractivity contribution in [3.8, 4) is 0 Å². The van der Waals surface area contributed by atoms with Gasteiger partial charge in [0.25, 0.3) is 0 Å². The van der Waals surface area contributed by atoms with Gasteiger partial charge in [0.2, 0.25) is 0 Å².